The molecular formula is C16H17Cl2NO5. The zero-order valence-corrected chi connectivity index (χ0v) is 14.7. The highest BCUT2D eigenvalue weighted by Crippen LogP contribution is 2.26. The second-order valence-corrected chi connectivity index (χ2v) is 5.99. The van der Waals surface area contributed by atoms with Crippen LogP contribution < -0.4 is 5.32 Å². The molecule has 0 bridgehead atoms. The number of esters is 1. The second kappa shape index (κ2) is 8.26. The maximum atomic E-state index is 12.2. The van der Waals surface area contributed by atoms with Crippen molar-refractivity contribution in [2.75, 3.05) is 13.2 Å². The average Bonchev–Trinajstić information content (AvgIpc) is 2.55. The maximum absolute atomic E-state index is 12.2. The Hall–Kier alpha value is -1.92. The van der Waals surface area contributed by atoms with Crippen LogP contribution in [0.25, 0.3) is 0 Å². The fourth-order valence-corrected chi connectivity index (χ4v) is 2.58. The van der Waals surface area contributed by atoms with Crippen molar-refractivity contribution in [3.05, 3.63) is 45.8 Å². The molecule has 1 N–H and O–H groups in total. The molecule has 1 aromatic carbocycles. The molecule has 2 atom stereocenters. The van der Waals surface area contributed by atoms with Gasteiger partial charge < -0.3 is 19.5 Å². The van der Waals surface area contributed by atoms with Crippen molar-refractivity contribution in [1.82, 2.24) is 5.32 Å². The highest BCUT2D eigenvalue weighted by Gasteiger charge is 2.24. The summed E-state index contributed by atoms with van der Waals surface area (Å²) in [7, 11) is 0. The molecular weight excluding hydrogens is 357 g/mol. The van der Waals surface area contributed by atoms with Crippen LogP contribution in [0.4, 0.5) is 0 Å². The minimum absolute atomic E-state index is 0.0605. The number of hydrogen-bond acceptors (Lipinski definition) is 5. The Balaban J connectivity index is 1.93. The van der Waals surface area contributed by atoms with Gasteiger partial charge in [-0.2, -0.15) is 0 Å². The van der Waals surface area contributed by atoms with E-state index in [-0.39, 0.29) is 18.4 Å². The van der Waals surface area contributed by atoms with E-state index >= 15 is 0 Å². The number of ether oxygens (including phenoxy) is 3. The van der Waals surface area contributed by atoms with E-state index in [9.17, 15) is 9.59 Å². The van der Waals surface area contributed by atoms with Crippen molar-refractivity contribution in [3.8, 4) is 0 Å². The van der Waals surface area contributed by atoms with Gasteiger partial charge in [-0.1, -0.05) is 29.3 Å². The van der Waals surface area contributed by atoms with Crippen LogP contribution in [0.3, 0.4) is 0 Å². The molecule has 0 aliphatic carbocycles. The summed E-state index contributed by atoms with van der Waals surface area (Å²) in [4.78, 5) is 24.0. The molecule has 0 aromatic heterocycles. The van der Waals surface area contributed by atoms with Crippen LogP contribution in [0.1, 0.15) is 25.5 Å². The summed E-state index contributed by atoms with van der Waals surface area (Å²) in [6.07, 6.45) is 0.171. The van der Waals surface area contributed by atoms with Crippen molar-refractivity contribution in [2.45, 2.75) is 26.0 Å². The number of benzene rings is 1. The molecule has 0 saturated carbocycles. The normalized spacial score (nSPS) is 16.1. The van der Waals surface area contributed by atoms with Crippen LogP contribution in [0.5, 0.6) is 0 Å². The molecule has 0 unspecified atom stereocenters. The Morgan fingerprint density at radius 2 is 2.00 bits per heavy atom. The predicted octanol–water partition coefficient (Wildman–Crippen LogP) is 2.99. The van der Waals surface area contributed by atoms with Crippen LogP contribution in [-0.2, 0) is 23.8 Å². The van der Waals surface area contributed by atoms with E-state index < -0.39 is 18.0 Å². The van der Waals surface area contributed by atoms with Crippen molar-refractivity contribution >= 4 is 35.1 Å². The van der Waals surface area contributed by atoms with E-state index in [1.165, 1.54) is 13.2 Å². The molecule has 130 valence electrons. The molecule has 24 heavy (non-hydrogen) atoms. The summed E-state index contributed by atoms with van der Waals surface area (Å²) < 4.78 is 15.1. The molecule has 0 fully saturated rings. The van der Waals surface area contributed by atoms with E-state index in [4.69, 9.17) is 37.4 Å². The van der Waals surface area contributed by atoms with Gasteiger partial charge in [0.25, 0.3) is 5.91 Å². The number of rotatable bonds is 5. The summed E-state index contributed by atoms with van der Waals surface area (Å²) in [5, 5.41) is 3.68. The first kappa shape index (κ1) is 18.4. The Labute approximate surface area is 149 Å². The Kier molecular flexibility index (Phi) is 6.34. The summed E-state index contributed by atoms with van der Waals surface area (Å²) >= 11 is 12.0. The largest absolute Gasteiger partial charge is 0.493 e. The van der Waals surface area contributed by atoms with E-state index in [1.54, 1.807) is 25.1 Å². The molecule has 1 aliphatic rings. The van der Waals surface area contributed by atoms with Gasteiger partial charge in [-0.3, -0.25) is 4.79 Å². The van der Waals surface area contributed by atoms with Gasteiger partial charge in [-0.15, -0.1) is 0 Å². The van der Waals surface area contributed by atoms with E-state index in [0.29, 0.717) is 22.2 Å². The topological polar surface area (TPSA) is 73.9 Å². The quantitative estimate of drug-likeness (QED) is 0.803. The minimum Gasteiger partial charge on any atom is -0.493 e. The summed E-state index contributed by atoms with van der Waals surface area (Å²) in [6, 6.07) is 4.63. The summed E-state index contributed by atoms with van der Waals surface area (Å²) in [5.41, 5.74) is 0.708. The predicted molar refractivity (Wildman–Crippen MR) is 88.6 cm³/mol. The molecule has 0 spiro atoms. The van der Waals surface area contributed by atoms with Gasteiger partial charge in [0, 0.05) is 10.0 Å². The molecule has 0 radical (unpaired) electrons. The molecule has 8 heteroatoms. The highest BCUT2D eigenvalue weighted by molar-refractivity contribution is 6.35. The lowest BCUT2D eigenvalue weighted by Gasteiger charge is -2.20. The summed E-state index contributed by atoms with van der Waals surface area (Å²) in [5.74, 6) is -1.27. The fraction of sp³-hybridized carbons (Fsp3) is 0.375. The van der Waals surface area contributed by atoms with Gasteiger partial charge in [-0.25, -0.2) is 4.79 Å². The Morgan fingerprint density at radius 3 is 2.62 bits per heavy atom. The summed E-state index contributed by atoms with van der Waals surface area (Å²) in [6.45, 7) is 3.86. The molecule has 1 aromatic rings. The van der Waals surface area contributed by atoms with Gasteiger partial charge in [0.2, 0.25) is 5.76 Å². The van der Waals surface area contributed by atoms with Crippen molar-refractivity contribution in [3.63, 3.8) is 0 Å². The van der Waals surface area contributed by atoms with E-state index in [0.717, 1.165) is 0 Å². The maximum Gasteiger partial charge on any atom is 0.377 e. The van der Waals surface area contributed by atoms with E-state index in [2.05, 4.69) is 5.32 Å². The number of carbonyl (C=O) groups excluding carboxylic acids is 2. The van der Waals surface area contributed by atoms with Crippen LogP contribution in [0.15, 0.2) is 30.2 Å². The van der Waals surface area contributed by atoms with Gasteiger partial charge >= 0.3 is 5.97 Å². The van der Waals surface area contributed by atoms with Crippen LogP contribution in [-0.4, -0.2) is 31.2 Å². The molecule has 6 nitrogen and oxygen atoms in total. The van der Waals surface area contributed by atoms with Crippen molar-refractivity contribution in [1.29, 1.82) is 0 Å². The highest BCUT2D eigenvalue weighted by atomic mass is 35.5. The van der Waals surface area contributed by atoms with Gasteiger partial charge in [0.15, 0.2) is 6.10 Å². The zero-order chi connectivity index (χ0) is 17.7. The average molecular weight is 374 g/mol. The van der Waals surface area contributed by atoms with Crippen LogP contribution >= 0.6 is 23.2 Å². The smallest absolute Gasteiger partial charge is 0.377 e. The third-order valence-corrected chi connectivity index (χ3v) is 3.85. The monoisotopic (exact) mass is 373 g/mol. The number of nitrogens with one attached hydrogen (secondary N) is 1. The standard InChI is InChI=1S/C16H17Cl2NO5/c1-9(12-4-3-11(17)7-13(12)18)19-15(20)10(2)24-16(21)14-8-22-5-6-23-14/h3-4,7-10H,5-6H2,1-2H3,(H,19,20)/t9-,10-/m1/s1. The first-order chi connectivity index (χ1) is 11.4. The fourth-order valence-electron chi connectivity index (χ4n) is 2.01. The molecule has 2 rings (SSSR count). The van der Waals surface area contributed by atoms with Gasteiger partial charge in [-0.05, 0) is 31.5 Å². The second-order valence-electron chi connectivity index (χ2n) is 5.15. The Bertz CT molecular complexity index is 662. The van der Waals surface area contributed by atoms with Gasteiger partial charge in [0.1, 0.15) is 19.5 Å². The zero-order valence-electron chi connectivity index (χ0n) is 13.2. The third-order valence-electron chi connectivity index (χ3n) is 3.29. The third kappa shape index (κ3) is 4.79. The number of halogens is 2. The number of carbonyl (C=O) groups is 2. The molecule has 1 amide bonds. The first-order valence-corrected chi connectivity index (χ1v) is 8.05. The van der Waals surface area contributed by atoms with Gasteiger partial charge in [0.05, 0.1) is 6.04 Å². The molecule has 0 saturated heterocycles. The lowest BCUT2D eigenvalue weighted by atomic mass is 10.1. The van der Waals surface area contributed by atoms with Crippen LogP contribution in [0, 0.1) is 0 Å². The Morgan fingerprint density at radius 1 is 1.25 bits per heavy atom. The molecule has 1 heterocycles. The number of hydrogen-bond donors (Lipinski definition) is 1. The molecule has 1 aliphatic heterocycles. The minimum atomic E-state index is -1.00. The lowest BCUT2D eigenvalue weighted by Crippen LogP contribution is -2.38. The van der Waals surface area contributed by atoms with Crippen molar-refractivity contribution in [2.24, 2.45) is 0 Å². The van der Waals surface area contributed by atoms with Crippen LogP contribution in [0.2, 0.25) is 10.0 Å². The SMILES string of the molecule is C[C@@H](OC(=O)C1=COCCO1)C(=O)N[C@H](C)c1ccc(Cl)cc1Cl. The lowest BCUT2D eigenvalue weighted by molar-refractivity contribution is -0.155. The number of amides is 1. The van der Waals surface area contributed by atoms with Crippen molar-refractivity contribution < 1.29 is 23.8 Å². The first-order valence-electron chi connectivity index (χ1n) is 7.29. The van der Waals surface area contributed by atoms with E-state index in [1.807, 2.05) is 0 Å².